The van der Waals surface area contributed by atoms with Gasteiger partial charge in [0.05, 0.1) is 5.02 Å². The molecule has 0 radical (unpaired) electrons. The van der Waals surface area contributed by atoms with Gasteiger partial charge in [0.2, 0.25) is 6.08 Å². The summed E-state index contributed by atoms with van der Waals surface area (Å²) in [6, 6.07) is 1.81. The lowest BCUT2D eigenvalue weighted by Gasteiger charge is -2.10. The number of nitrogens with zero attached hydrogens (tertiary/aromatic N) is 1. The van der Waals surface area contributed by atoms with Crippen LogP contribution in [0.15, 0.2) is 17.1 Å². The van der Waals surface area contributed by atoms with Crippen LogP contribution in [0, 0.1) is 11.6 Å². The number of isocyanates is 1. The molecule has 1 saturated carbocycles. The average Bonchev–Trinajstić information content (AvgIpc) is 2.93. The Morgan fingerprint density at radius 2 is 2.07 bits per heavy atom. The maximum Gasteiger partial charge on any atom is 0.235 e. The van der Waals surface area contributed by atoms with Crippen LogP contribution in [0.1, 0.15) is 18.4 Å². The van der Waals surface area contributed by atoms with Crippen molar-refractivity contribution in [3.8, 4) is 0 Å². The summed E-state index contributed by atoms with van der Waals surface area (Å²) in [6.45, 7) is 0. The minimum Gasteiger partial charge on any atom is -0.211 e. The van der Waals surface area contributed by atoms with Gasteiger partial charge in [-0.1, -0.05) is 11.6 Å². The molecule has 78 valence electrons. The molecule has 15 heavy (non-hydrogen) atoms. The van der Waals surface area contributed by atoms with Crippen LogP contribution < -0.4 is 0 Å². The zero-order valence-electron chi connectivity index (χ0n) is 7.56. The highest BCUT2D eigenvalue weighted by atomic mass is 35.5. The van der Waals surface area contributed by atoms with E-state index in [-0.39, 0.29) is 10.6 Å². The van der Waals surface area contributed by atoms with Crippen molar-refractivity contribution in [3.63, 3.8) is 0 Å². The molecular formula is C10H6ClF2NO. The van der Waals surface area contributed by atoms with Gasteiger partial charge in [0.25, 0.3) is 0 Å². The Balaban J connectivity index is 2.57. The van der Waals surface area contributed by atoms with Crippen LogP contribution in [-0.2, 0) is 10.3 Å². The first kappa shape index (κ1) is 10.3. The third kappa shape index (κ3) is 1.66. The maximum atomic E-state index is 13.1. The molecule has 0 unspecified atom stereocenters. The SMILES string of the molecule is O=C=NC1(c2cc(F)cc(F)c2Cl)CC1. The average molecular weight is 230 g/mol. The van der Waals surface area contributed by atoms with Crippen molar-refractivity contribution >= 4 is 17.7 Å². The highest BCUT2D eigenvalue weighted by Gasteiger charge is 2.47. The molecule has 1 aromatic rings. The lowest BCUT2D eigenvalue weighted by molar-refractivity contribution is 0.551. The Morgan fingerprint density at radius 1 is 1.40 bits per heavy atom. The number of benzene rings is 1. The van der Waals surface area contributed by atoms with Crippen LogP contribution in [0.4, 0.5) is 8.78 Å². The Hall–Kier alpha value is -1.25. The first-order valence-electron chi connectivity index (χ1n) is 4.33. The molecule has 5 heteroatoms. The van der Waals surface area contributed by atoms with Crippen molar-refractivity contribution in [2.24, 2.45) is 4.99 Å². The molecule has 0 atom stereocenters. The van der Waals surface area contributed by atoms with Crippen LogP contribution >= 0.6 is 11.6 Å². The smallest absolute Gasteiger partial charge is 0.211 e. The highest BCUT2D eigenvalue weighted by molar-refractivity contribution is 6.31. The van der Waals surface area contributed by atoms with Crippen molar-refractivity contribution in [1.82, 2.24) is 0 Å². The van der Waals surface area contributed by atoms with Crippen LogP contribution in [0.25, 0.3) is 0 Å². The first-order chi connectivity index (χ1) is 7.09. The third-order valence-corrected chi connectivity index (χ3v) is 2.86. The summed E-state index contributed by atoms with van der Waals surface area (Å²) in [5, 5.41) is -0.173. The number of rotatable bonds is 2. The Morgan fingerprint density at radius 3 is 2.60 bits per heavy atom. The topological polar surface area (TPSA) is 29.4 Å². The lowest BCUT2D eigenvalue weighted by Crippen LogP contribution is -2.05. The summed E-state index contributed by atoms with van der Waals surface area (Å²) >= 11 is 5.69. The summed E-state index contributed by atoms with van der Waals surface area (Å²) in [5.74, 6) is -1.56. The highest BCUT2D eigenvalue weighted by Crippen LogP contribution is 2.51. The summed E-state index contributed by atoms with van der Waals surface area (Å²) < 4.78 is 26.1. The Labute approximate surface area is 89.6 Å². The number of halogens is 3. The van der Waals surface area contributed by atoms with Crippen molar-refractivity contribution in [3.05, 3.63) is 34.4 Å². The van der Waals surface area contributed by atoms with Crippen LogP contribution in [0.3, 0.4) is 0 Å². The fraction of sp³-hybridized carbons (Fsp3) is 0.300. The maximum absolute atomic E-state index is 13.1. The summed E-state index contributed by atoms with van der Waals surface area (Å²) in [5.41, 5.74) is -0.619. The quantitative estimate of drug-likeness (QED) is 0.436. The predicted molar refractivity (Wildman–Crippen MR) is 50.4 cm³/mol. The third-order valence-electron chi connectivity index (χ3n) is 2.48. The molecule has 0 aliphatic heterocycles. The van der Waals surface area contributed by atoms with Gasteiger partial charge in [-0.05, 0) is 18.9 Å². The molecule has 1 fully saturated rings. The van der Waals surface area contributed by atoms with Gasteiger partial charge >= 0.3 is 0 Å². The van der Waals surface area contributed by atoms with Crippen LogP contribution in [0.2, 0.25) is 5.02 Å². The van der Waals surface area contributed by atoms with Crippen molar-refractivity contribution in [1.29, 1.82) is 0 Å². The molecule has 1 aliphatic rings. The van der Waals surface area contributed by atoms with E-state index in [4.69, 9.17) is 11.6 Å². The van der Waals surface area contributed by atoms with Crippen molar-refractivity contribution < 1.29 is 13.6 Å². The monoisotopic (exact) mass is 229 g/mol. The zero-order chi connectivity index (χ0) is 11.1. The Kier molecular flexibility index (Phi) is 2.33. The van der Waals surface area contributed by atoms with Crippen molar-refractivity contribution in [2.45, 2.75) is 18.4 Å². The number of hydrogen-bond donors (Lipinski definition) is 0. The Bertz CT molecular complexity index is 465. The molecular weight excluding hydrogens is 224 g/mol. The number of aliphatic imine (C=N–C) groups is 1. The van der Waals surface area contributed by atoms with Crippen LogP contribution in [-0.4, -0.2) is 6.08 Å². The standard InChI is InChI=1S/C10H6ClF2NO/c11-9-7(3-6(12)4-8(9)13)10(1-2-10)14-5-15/h3-4H,1-2H2. The van der Waals surface area contributed by atoms with Crippen LogP contribution in [0.5, 0.6) is 0 Å². The van der Waals surface area contributed by atoms with E-state index in [0.29, 0.717) is 18.9 Å². The van der Waals surface area contributed by atoms with E-state index < -0.39 is 17.2 Å². The predicted octanol–water partition coefficient (Wildman–Crippen LogP) is 2.94. The van der Waals surface area contributed by atoms with E-state index in [1.807, 2.05) is 0 Å². The largest absolute Gasteiger partial charge is 0.235 e. The summed E-state index contributed by atoms with van der Waals surface area (Å²) in [7, 11) is 0. The molecule has 0 heterocycles. The second-order valence-corrected chi connectivity index (χ2v) is 3.86. The molecule has 0 bridgehead atoms. The minimum atomic E-state index is -0.845. The number of carbonyl (C=O) groups excluding carboxylic acids is 1. The minimum absolute atomic E-state index is 0.173. The molecule has 0 N–H and O–H groups in total. The fourth-order valence-electron chi connectivity index (χ4n) is 1.54. The molecule has 0 amide bonds. The first-order valence-corrected chi connectivity index (χ1v) is 4.71. The van der Waals surface area contributed by atoms with Gasteiger partial charge in [0.15, 0.2) is 0 Å². The lowest BCUT2D eigenvalue weighted by atomic mass is 10.1. The normalized spacial score (nSPS) is 17.0. The number of hydrogen-bond acceptors (Lipinski definition) is 2. The molecule has 1 aromatic carbocycles. The van der Waals surface area contributed by atoms with E-state index in [0.717, 1.165) is 6.07 Å². The fourth-order valence-corrected chi connectivity index (χ4v) is 1.83. The van der Waals surface area contributed by atoms with Gasteiger partial charge in [-0.25, -0.2) is 13.6 Å². The summed E-state index contributed by atoms with van der Waals surface area (Å²) in [6.07, 6.45) is 2.53. The molecule has 0 spiro atoms. The second-order valence-electron chi connectivity index (χ2n) is 3.48. The van der Waals surface area contributed by atoms with Gasteiger partial charge in [-0.3, -0.25) is 0 Å². The zero-order valence-corrected chi connectivity index (χ0v) is 8.31. The molecule has 2 nitrogen and oxygen atoms in total. The molecule has 1 aliphatic carbocycles. The van der Waals surface area contributed by atoms with Gasteiger partial charge in [0, 0.05) is 11.6 Å². The van der Waals surface area contributed by atoms with E-state index in [9.17, 15) is 13.6 Å². The molecule has 0 aromatic heterocycles. The molecule has 2 rings (SSSR count). The van der Waals surface area contributed by atoms with Gasteiger partial charge < -0.3 is 0 Å². The second kappa shape index (κ2) is 3.40. The summed E-state index contributed by atoms with van der Waals surface area (Å²) in [4.78, 5) is 13.8. The van der Waals surface area contributed by atoms with Gasteiger partial charge in [0.1, 0.15) is 17.2 Å². The van der Waals surface area contributed by atoms with E-state index in [2.05, 4.69) is 4.99 Å². The molecule has 0 saturated heterocycles. The van der Waals surface area contributed by atoms with Gasteiger partial charge in [-0.2, -0.15) is 4.99 Å². The van der Waals surface area contributed by atoms with E-state index >= 15 is 0 Å². The van der Waals surface area contributed by atoms with Crippen molar-refractivity contribution in [2.75, 3.05) is 0 Å². The van der Waals surface area contributed by atoms with E-state index in [1.54, 1.807) is 0 Å². The van der Waals surface area contributed by atoms with Gasteiger partial charge in [-0.15, -0.1) is 0 Å². The van der Waals surface area contributed by atoms with E-state index in [1.165, 1.54) is 6.08 Å².